The molecule has 0 radical (unpaired) electrons. The van der Waals surface area contributed by atoms with Gasteiger partial charge in [-0.25, -0.2) is 8.42 Å². The number of benzene rings is 2. The number of anilines is 2. The summed E-state index contributed by atoms with van der Waals surface area (Å²) >= 11 is 6.11. The lowest BCUT2D eigenvalue weighted by atomic mass is 10.1. The maximum absolute atomic E-state index is 12.6. The first-order valence-electron chi connectivity index (χ1n) is 8.82. The van der Waals surface area contributed by atoms with Crippen LogP contribution in [0, 0.1) is 0 Å². The maximum atomic E-state index is 12.6. The summed E-state index contributed by atoms with van der Waals surface area (Å²) < 4.78 is 25.4. The fourth-order valence-electron chi connectivity index (χ4n) is 2.55. The average molecular weight is 438 g/mol. The zero-order chi connectivity index (χ0) is 21.8. The standard InChI is InChI=1S/C20H24ClN3O4S/c1-20(2,3)23-19(26)14-9-5-7-11-16(14)22-18(25)13-24(29(4,27)28)17-12-8-6-10-15(17)21/h5-12H,13H2,1-4H3,(H,22,25)(H,23,26). The van der Waals surface area contributed by atoms with Crippen LogP contribution in [-0.4, -0.2) is 38.6 Å². The van der Waals surface area contributed by atoms with Gasteiger partial charge >= 0.3 is 0 Å². The van der Waals surface area contributed by atoms with Gasteiger partial charge in [0.05, 0.1) is 28.2 Å². The van der Waals surface area contributed by atoms with Gasteiger partial charge in [-0.2, -0.15) is 0 Å². The van der Waals surface area contributed by atoms with Crippen LogP contribution in [0.25, 0.3) is 0 Å². The number of carbonyl (C=O) groups excluding carboxylic acids is 2. The first kappa shape index (κ1) is 22.7. The summed E-state index contributed by atoms with van der Waals surface area (Å²) in [6.07, 6.45) is 0.994. The topological polar surface area (TPSA) is 95.6 Å². The molecule has 0 heterocycles. The van der Waals surface area contributed by atoms with E-state index in [0.29, 0.717) is 0 Å². The van der Waals surface area contributed by atoms with Crippen molar-refractivity contribution >= 4 is 44.8 Å². The third-order valence-electron chi connectivity index (χ3n) is 3.74. The zero-order valence-electron chi connectivity index (χ0n) is 16.7. The van der Waals surface area contributed by atoms with Crippen LogP contribution in [0.4, 0.5) is 11.4 Å². The third-order valence-corrected chi connectivity index (χ3v) is 5.19. The minimum absolute atomic E-state index is 0.200. The first-order chi connectivity index (χ1) is 13.4. The molecule has 2 N–H and O–H groups in total. The normalized spacial score (nSPS) is 11.6. The van der Waals surface area contributed by atoms with E-state index in [2.05, 4.69) is 10.6 Å². The van der Waals surface area contributed by atoms with Crippen molar-refractivity contribution in [3.05, 3.63) is 59.1 Å². The molecule has 0 bridgehead atoms. The molecule has 156 valence electrons. The Balaban J connectivity index is 2.26. The molecule has 0 aromatic heterocycles. The summed E-state index contributed by atoms with van der Waals surface area (Å²) in [6.45, 7) is 5.05. The lowest BCUT2D eigenvalue weighted by molar-refractivity contribution is -0.114. The smallest absolute Gasteiger partial charge is 0.253 e. The van der Waals surface area contributed by atoms with Gasteiger partial charge in [-0.05, 0) is 45.0 Å². The molecule has 0 saturated heterocycles. The van der Waals surface area contributed by atoms with E-state index < -0.39 is 28.0 Å². The molecule has 0 aliphatic rings. The van der Waals surface area contributed by atoms with Crippen LogP contribution in [0.2, 0.25) is 5.02 Å². The molecule has 0 aliphatic carbocycles. The number of nitrogens with one attached hydrogen (secondary N) is 2. The van der Waals surface area contributed by atoms with Crippen molar-refractivity contribution in [3.8, 4) is 0 Å². The molecular weight excluding hydrogens is 414 g/mol. The molecule has 2 rings (SSSR count). The summed E-state index contributed by atoms with van der Waals surface area (Å²) in [5, 5.41) is 5.66. The van der Waals surface area contributed by atoms with Gasteiger partial charge in [-0.15, -0.1) is 0 Å². The first-order valence-corrected chi connectivity index (χ1v) is 11.0. The van der Waals surface area contributed by atoms with Crippen molar-refractivity contribution in [3.63, 3.8) is 0 Å². The number of para-hydroxylation sites is 2. The molecule has 0 unspecified atom stereocenters. The molecule has 0 saturated carbocycles. The van der Waals surface area contributed by atoms with Crippen LogP contribution >= 0.6 is 11.6 Å². The maximum Gasteiger partial charge on any atom is 0.253 e. The highest BCUT2D eigenvalue weighted by atomic mass is 35.5. The second-order valence-electron chi connectivity index (χ2n) is 7.52. The lowest BCUT2D eigenvalue weighted by Crippen LogP contribution is -2.41. The molecule has 0 atom stereocenters. The minimum atomic E-state index is -3.77. The third kappa shape index (κ3) is 6.47. The Hall–Kier alpha value is -2.58. The van der Waals surface area contributed by atoms with Crippen molar-refractivity contribution in [2.24, 2.45) is 0 Å². The van der Waals surface area contributed by atoms with Crippen molar-refractivity contribution in [1.29, 1.82) is 0 Å². The molecule has 2 aromatic carbocycles. The molecular formula is C20H24ClN3O4S. The Bertz CT molecular complexity index is 1020. The fraction of sp³-hybridized carbons (Fsp3) is 0.300. The van der Waals surface area contributed by atoms with Gasteiger partial charge in [0.2, 0.25) is 15.9 Å². The zero-order valence-corrected chi connectivity index (χ0v) is 18.3. The number of halogens is 1. The lowest BCUT2D eigenvalue weighted by Gasteiger charge is -2.24. The molecule has 9 heteroatoms. The predicted molar refractivity (Wildman–Crippen MR) is 116 cm³/mol. The van der Waals surface area contributed by atoms with Gasteiger partial charge in [0, 0.05) is 5.54 Å². The molecule has 0 spiro atoms. The van der Waals surface area contributed by atoms with Gasteiger partial charge < -0.3 is 10.6 Å². The van der Waals surface area contributed by atoms with Gasteiger partial charge in [-0.3, -0.25) is 13.9 Å². The van der Waals surface area contributed by atoms with Crippen LogP contribution in [0.1, 0.15) is 31.1 Å². The number of hydrogen-bond donors (Lipinski definition) is 2. The molecule has 0 fully saturated rings. The highest BCUT2D eigenvalue weighted by molar-refractivity contribution is 7.92. The average Bonchev–Trinajstić information content (AvgIpc) is 2.58. The number of amides is 2. The van der Waals surface area contributed by atoms with Crippen LogP contribution < -0.4 is 14.9 Å². The molecule has 2 amide bonds. The molecule has 29 heavy (non-hydrogen) atoms. The SMILES string of the molecule is CC(C)(C)NC(=O)c1ccccc1NC(=O)CN(c1ccccc1Cl)S(C)(=O)=O. The highest BCUT2D eigenvalue weighted by Gasteiger charge is 2.24. The summed E-state index contributed by atoms with van der Waals surface area (Å²) in [4.78, 5) is 25.1. The van der Waals surface area contributed by atoms with Crippen molar-refractivity contribution < 1.29 is 18.0 Å². The van der Waals surface area contributed by atoms with E-state index in [-0.39, 0.29) is 27.9 Å². The van der Waals surface area contributed by atoms with Crippen molar-refractivity contribution in [1.82, 2.24) is 5.32 Å². The van der Waals surface area contributed by atoms with E-state index in [9.17, 15) is 18.0 Å². The van der Waals surface area contributed by atoms with Crippen molar-refractivity contribution in [2.45, 2.75) is 26.3 Å². The van der Waals surface area contributed by atoms with E-state index in [4.69, 9.17) is 11.6 Å². The van der Waals surface area contributed by atoms with Gasteiger partial charge in [0.25, 0.3) is 5.91 Å². The minimum Gasteiger partial charge on any atom is -0.347 e. The molecule has 7 nitrogen and oxygen atoms in total. The number of nitrogens with zero attached hydrogens (tertiary/aromatic N) is 1. The van der Waals surface area contributed by atoms with Crippen LogP contribution in [-0.2, 0) is 14.8 Å². The molecule has 2 aromatic rings. The quantitative estimate of drug-likeness (QED) is 0.724. The van der Waals surface area contributed by atoms with Gasteiger partial charge in [0.15, 0.2) is 0 Å². The van der Waals surface area contributed by atoms with Crippen LogP contribution in [0.5, 0.6) is 0 Å². The predicted octanol–water partition coefficient (Wildman–Crippen LogP) is 3.27. The number of sulfonamides is 1. The highest BCUT2D eigenvalue weighted by Crippen LogP contribution is 2.27. The Morgan fingerprint density at radius 2 is 1.62 bits per heavy atom. The van der Waals surface area contributed by atoms with Gasteiger partial charge in [0.1, 0.15) is 6.54 Å². The van der Waals surface area contributed by atoms with E-state index in [1.807, 2.05) is 20.8 Å². The summed E-state index contributed by atoms with van der Waals surface area (Å²) in [5.74, 6) is -0.953. The number of rotatable bonds is 6. The van der Waals surface area contributed by atoms with Gasteiger partial charge in [-0.1, -0.05) is 35.9 Å². The Kier molecular flexibility index (Phi) is 6.92. The Morgan fingerprint density at radius 3 is 2.21 bits per heavy atom. The van der Waals surface area contributed by atoms with Crippen molar-refractivity contribution in [2.75, 3.05) is 22.4 Å². The van der Waals surface area contributed by atoms with E-state index in [1.165, 1.54) is 6.07 Å². The monoisotopic (exact) mass is 437 g/mol. The Labute approximate surface area is 176 Å². The fourth-order valence-corrected chi connectivity index (χ4v) is 3.71. The Morgan fingerprint density at radius 1 is 1.03 bits per heavy atom. The number of carbonyl (C=O) groups is 2. The summed E-state index contributed by atoms with van der Waals surface area (Å²) in [7, 11) is -3.77. The molecule has 0 aliphatic heterocycles. The van der Waals surface area contributed by atoms with Crippen LogP contribution in [0.3, 0.4) is 0 Å². The number of hydrogen-bond acceptors (Lipinski definition) is 4. The van der Waals surface area contributed by atoms with E-state index in [0.717, 1.165) is 10.6 Å². The second-order valence-corrected chi connectivity index (χ2v) is 9.83. The summed E-state index contributed by atoms with van der Waals surface area (Å²) in [6, 6.07) is 12.9. The van der Waals surface area contributed by atoms with Crippen LogP contribution in [0.15, 0.2) is 48.5 Å². The van der Waals surface area contributed by atoms with E-state index >= 15 is 0 Å². The largest absolute Gasteiger partial charge is 0.347 e. The van der Waals surface area contributed by atoms with E-state index in [1.54, 1.807) is 42.5 Å². The summed E-state index contributed by atoms with van der Waals surface area (Å²) in [5.41, 5.74) is 0.308. The second kappa shape index (κ2) is 8.84.